The minimum Gasteiger partial charge on any atom is -0.467 e. The summed E-state index contributed by atoms with van der Waals surface area (Å²) in [6.45, 7) is 3.66. The summed E-state index contributed by atoms with van der Waals surface area (Å²) in [5.41, 5.74) is 5.24. The molecule has 0 radical (unpaired) electrons. The zero-order chi connectivity index (χ0) is 26.4. The summed E-state index contributed by atoms with van der Waals surface area (Å²) in [5.74, 6) is -1.09. The van der Waals surface area contributed by atoms with Gasteiger partial charge in [0.15, 0.2) is 5.01 Å². The number of esters is 1. The molecule has 2 unspecified atom stereocenters. The van der Waals surface area contributed by atoms with Crippen molar-refractivity contribution in [1.29, 1.82) is 0 Å². The van der Waals surface area contributed by atoms with Gasteiger partial charge < -0.3 is 15.4 Å². The molecule has 0 fully saturated rings. The molecule has 37 heavy (non-hydrogen) atoms. The van der Waals surface area contributed by atoms with Crippen LogP contribution in [0.1, 0.15) is 40.5 Å². The number of amides is 2. The van der Waals surface area contributed by atoms with E-state index in [0.717, 1.165) is 39.2 Å². The first-order valence-corrected chi connectivity index (χ1v) is 12.8. The minimum atomic E-state index is -0.769. The van der Waals surface area contributed by atoms with E-state index in [1.165, 1.54) is 18.4 Å². The Morgan fingerprint density at radius 2 is 1.95 bits per heavy atom. The van der Waals surface area contributed by atoms with E-state index in [-0.39, 0.29) is 17.0 Å². The molecule has 7 nitrogen and oxygen atoms in total. The van der Waals surface area contributed by atoms with Gasteiger partial charge in [0.2, 0.25) is 6.41 Å². The van der Waals surface area contributed by atoms with Crippen molar-refractivity contribution in [2.24, 2.45) is 5.92 Å². The lowest BCUT2D eigenvalue weighted by Gasteiger charge is -2.26. The number of aromatic nitrogens is 1. The predicted molar refractivity (Wildman–Crippen MR) is 146 cm³/mol. The lowest BCUT2D eigenvalue weighted by Crippen LogP contribution is -2.45. The summed E-state index contributed by atoms with van der Waals surface area (Å²) >= 11 is 1.21. The van der Waals surface area contributed by atoms with Gasteiger partial charge in [-0.25, -0.2) is 9.78 Å². The van der Waals surface area contributed by atoms with Crippen LogP contribution in [-0.4, -0.2) is 42.5 Å². The van der Waals surface area contributed by atoms with Crippen molar-refractivity contribution in [1.82, 2.24) is 15.6 Å². The second kappa shape index (κ2) is 11.8. The molecule has 190 valence electrons. The number of benzene rings is 1. The van der Waals surface area contributed by atoms with E-state index >= 15 is 0 Å². The quantitative estimate of drug-likeness (QED) is 0.399. The van der Waals surface area contributed by atoms with Crippen molar-refractivity contribution in [2.45, 2.75) is 32.4 Å². The Kier molecular flexibility index (Phi) is 8.30. The van der Waals surface area contributed by atoms with Gasteiger partial charge in [-0.3, -0.25) is 9.59 Å². The van der Waals surface area contributed by atoms with Gasteiger partial charge in [-0.1, -0.05) is 80.6 Å². The molecule has 1 aromatic carbocycles. The van der Waals surface area contributed by atoms with Crippen LogP contribution in [-0.2, 0) is 14.3 Å². The van der Waals surface area contributed by atoms with Crippen LogP contribution in [0.2, 0.25) is 0 Å². The molecule has 2 atom stereocenters. The fraction of sp³-hybridized carbons (Fsp3) is 0.241. The summed E-state index contributed by atoms with van der Waals surface area (Å²) in [5, 5.41) is 5.88. The number of hydrogen-bond acceptors (Lipinski definition) is 6. The number of nitrogens with one attached hydrogen (secondary N) is 2. The average Bonchev–Trinajstić information content (AvgIpc) is 3.42. The largest absolute Gasteiger partial charge is 0.467 e. The number of allylic oxidation sites excluding steroid dienone is 7. The normalized spacial score (nSPS) is 19.6. The van der Waals surface area contributed by atoms with Crippen molar-refractivity contribution in [3.8, 4) is 0 Å². The fourth-order valence-corrected chi connectivity index (χ4v) is 5.20. The van der Waals surface area contributed by atoms with Crippen LogP contribution in [0.3, 0.4) is 0 Å². The van der Waals surface area contributed by atoms with Gasteiger partial charge >= 0.3 is 5.97 Å². The number of nitrogens with zero attached hydrogens (tertiary/aromatic N) is 1. The lowest BCUT2D eigenvalue weighted by molar-refractivity contribution is -0.144. The fourth-order valence-electron chi connectivity index (χ4n) is 4.33. The smallest absolute Gasteiger partial charge is 0.328 e. The summed E-state index contributed by atoms with van der Waals surface area (Å²) in [4.78, 5) is 41.5. The first-order chi connectivity index (χ1) is 17.9. The van der Waals surface area contributed by atoms with E-state index in [9.17, 15) is 14.4 Å². The zero-order valence-electron chi connectivity index (χ0n) is 20.9. The highest BCUT2D eigenvalue weighted by molar-refractivity contribution is 7.14. The van der Waals surface area contributed by atoms with E-state index in [0.29, 0.717) is 6.41 Å². The molecule has 2 N–H and O–H groups in total. The van der Waals surface area contributed by atoms with Crippen LogP contribution >= 0.6 is 11.3 Å². The molecule has 2 aliphatic carbocycles. The van der Waals surface area contributed by atoms with Gasteiger partial charge in [-0.15, -0.1) is 11.3 Å². The molecule has 0 saturated heterocycles. The third-order valence-electron chi connectivity index (χ3n) is 6.28. The van der Waals surface area contributed by atoms with Crippen molar-refractivity contribution < 1.29 is 19.1 Å². The molecule has 1 heterocycles. The van der Waals surface area contributed by atoms with E-state index in [1.807, 2.05) is 50.3 Å². The maximum atomic E-state index is 12.8. The van der Waals surface area contributed by atoms with E-state index in [2.05, 4.69) is 46.0 Å². The van der Waals surface area contributed by atoms with Crippen LogP contribution in [0.4, 0.5) is 0 Å². The number of methoxy groups -OCH3 is 1. The summed E-state index contributed by atoms with van der Waals surface area (Å²) < 4.78 is 4.81. The number of thiazole rings is 1. The second-order valence-electron chi connectivity index (χ2n) is 8.99. The molecule has 8 heteroatoms. The van der Waals surface area contributed by atoms with Gasteiger partial charge in [0.25, 0.3) is 5.91 Å². The van der Waals surface area contributed by atoms with Gasteiger partial charge in [0.05, 0.1) is 18.0 Å². The second-order valence-corrected chi connectivity index (χ2v) is 10.0. The molecular weight excluding hydrogens is 486 g/mol. The highest BCUT2D eigenvalue weighted by atomic mass is 32.1. The Hall–Kier alpha value is -4.04. The van der Waals surface area contributed by atoms with Gasteiger partial charge in [-0.2, -0.15) is 0 Å². The third-order valence-corrected chi connectivity index (χ3v) is 7.33. The summed E-state index contributed by atoms with van der Waals surface area (Å²) in [6, 6.07) is 9.04. The number of rotatable bonds is 8. The highest BCUT2D eigenvalue weighted by Crippen LogP contribution is 2.35. The highest BCUT2D eigenvalue weighted by Gasteiger charge is 2.28. The minimum absolute atomic E-state index is 0.141. The monoisotopic (exact) mass is 515 g/mol. The van der Waals surface area contributed by atoms with Crippen LogP contribution in [0.15, 0.2) is 84.1 Å². The Labute approximate surface area is 220 Å². The van der Waals surface area contributed by atoms with E-state index in [4.69, 9.17) is 4.74 Å². The number of carbonyl (C=O) groups is 3. The first-order valence-electron chi connectivity index (χ1n) is 12.0. The van der Waals surface area contributed by atoms with Crippen molar-refractivity contribution in [3.05, 3.63) is 99.6 Å². The van der Waals surface area contributed by atoms with Crippen LogP contribution in [0.25, 0.3) is 11.1 Å². The van der Waals surface area contributed by atoms with Gasteiger partial charge in [0, 0.05) is 6.20 Å². The molecular formula is C29H29N3O4S. The standard InChI is InChI=1S/C29H29N3O4S/c1-18(2)25(29(35)36-3)32-27(34)28-30-16-24(37-28)23-11-7-10-22(26(23)31-17-33)21-14-12-20(13-15-21)19-8-5-4-6-9-19/h4-14,16-18,25-26H,15H2,1-3H3,(H,31,33)(H,32,34). The third kappa shape index (κ3) is 5.86. The number of hydrogen-bond donors (Lipinski definition) is 2. The number of ether oxygens (including phenoxy) is 1. The Morgan fingerprint density at radius 1 is 1.16 bits per heavy atom. The predicted octanol–water partition coefficient (Wildman–Crippen LogP) is 4.48. The number of carbonyl (C=O) groups excluding carboxylic acids is 3. The van der Waals surface area contributed by atoms with Gasteiger partial charge in [-0.05, 0) is 40.2 Å². The maximum Gasteiger partial charge on any atom is 0.328 e. The van der Waals surface area contributed by atoms with Crippen LogP contribution < -0.4 is 10.6 Å². The van der Waals surface area contributed by atoms with Crippen molar-refractivity contribution in [2.75, 3.05) is 7.11 Å². The zero-order valence-corrected chi connectivity index (χ0v) is 21.7. The van der Waals surface area contributed by atoms with Crippen molar-refractivity contribution in [3.63, 3.8) is 0 Å². The molecule has 0 bridgehead atoms. The molecule has 0 spiro atoms. The maximum absolute atomic E-state index is 12.8. The Balaban J connectivity index is 1.56. The average molecular weight is 516 g/mol. The molecule has 1 aromatic heterocycles. The summed E-state index contributed by atoms with van der Waals surface area (Å²) in [6.07, 6.45) is 15.3. The Morgan fingerprint density at radius 3 is 2.59 bits per heavy atom. The topological polar surface area (TPSA) is 97.4 Å². The summed E-state index contributed by atoms with van der Waals surface area (Å²) in [7, 11) is 1.29. The first kappa shape index (κ1) is 26.0. The van der Waals surface area contributed by atoms with Crippen LogP contribution in [0.5, 0.6) is 0 Å². The van der Waals surface area contributed by atoms with E-state index in [1.54, 1.807) is 6.20 Å². The lowest BCUT2D eigenvalue weighted by atomic mass is 9.86. The SMILES string of the molecule is COC(=O)C(NC(=O)c1ncc(C2=CC=CC(=C3C=CC(c4ccccc4)=CC3)C2NC=O)s1)C(C)C. The molecule has 0 aliphatic heterocycles. The van der Waals surface area contributed by atoms with Gasteiger partial charge in [0.1, 0.15) is 6.04 Å². The molecule has 2 amide bonds. The van der Waals surface area contributed by atoms with E-state index < -0.39 is 17.9 Å². The molecule has 2 aromatic rings. The van der Waals surface area contributed by atoms with Crippen LogP contribution in [0, 0.1) is 5.92 Å². The van der Waals surface area contributed by atoms with Crippen molar-refractivity contribution >= 4 is 40.8 Å². The molecule has 0 saturated carbocycles. The Bertz CT molecular complexity index is 1330. The molecule has 4 rings (SSSR count). The molecule has 2 aliphatic rings.